The number of unbranched alkanes of at least 4 members (excludes halogenated alkanes) is 14. The fraction of sp³-hybridized carbons (Fsp3) is 0.778. The van der Waals surface area contributed by atoms with Crippen molar-refractivity contribution in [1.82, 2.24) is 9.88 Å². The number of aryl methyl sites for hydroxylation is 1. The Morgan fingerprint density at radius 2 is 1.34 bits per heavy atom. The maximum atomic E-state index is 12.0. The lowest BCUT2D eigenvalue weighted by Gasteiger charge is -2.11. The van der Waals surface area contributed by atoms with Crippen LogP contribution in [0.2, 0.25) is 0 Å². The summed E-state index contributed by atoms with van der Waals surface area (Å²) in [4.78, 5) is 23.3. The van der Waals surface area contributed by atoms with Crippen LogP contribution in [0.3, 0.4) is 0 Å². The minimum Gasteiger partial charge on any atom is -0.503 e. The van der Waals surface area contributed by atoms with E-state index >= 15 is 0 Å². The standard InChI is InChI=1S/C27H48N2O3/c1-3-4-5-6-7-8-9-10-11-12-13-14-15-16-17-19-26(31)28-21-18-22-29-23-20-25(30)27(32)24(29)2/h20,23,32H,3-19,21-22H2,1-2H3,(H,28,31). The molecule has 0 bridgehead atoms. The van der Waals surface area contributed by atoms with Gasteiger partial charge in [-0.3, -0.25) is 9.59 Å². The van der Waals surface area contributed by atoms with Crippen molar-refractivity contribution in [2.24, 2.45) is 0 Å². The molecule has 2 N–H and O–H groups in total. The van der Waals surface area contributed by atoms with Crippen molar-refractivity contribution in [1.29, 1.82) is 0 Å². The Kier molecular flexibility index (Phi) is 16.6. The second kappa shape index (κ2) is 18.8. The summed E-state index contributed by atoms with van der Waals surface area (Å²) in [5, 5.41) is 12.7. The lowest BCUT2D eigenvalue weighted by molar-refractivity contribution is -0.121. The molecule has 0 unspecified atom stereocenters. The fourth-order valence-corrected chi connectivity index (χ4v) is 4.13. The molecule has 5 heteroatoms. The second-order valence-corrected chi connectivity index (χ2v) is 9.21. The molecule has 0 aliphatic heterocycles. The number of amides is 1. The van der Waals surface area contributed by atoms with E-state index in [2.05, 4.69) is 12.2 Å². The van der Waals surface area contributed by atoms with E-state index in [1.807, 2.05) is 4.57 Å². The minimum absolute atomic E-state index is 0.124. The molecule has 0 saturated heterocycles. The first-order valence-corrected chi connectivity index (χ1v) is 13.2. The number of aromatic hydroxyl groups is 1. The van der Waals surface area contributed by atoms with Crippen LogP contribution in [0, 0.1) is 6.92 Å². The van der Waals surface area contributed by atoms with Gasteiger partial charge in [-0.05, 0) is 19.8 Å². The van der Waals surface area contributed by atoms with E-state index in [1.54, 1.807) is 13.1 Å². The van der Waals surface area contributed by atoms with Crippen molar-refractivity contribution in [2.75, 3.05) is 6.54 Å². The maximum Gasteiger partial charge on any atom is 0.223 e. The van der Waals surface area contributed by atoms with Gasteiger partial charge in [0.25, 0.3) is 0 Å². The number of carbonyl (C=O) groups is 1. The molecule has 1 aromatic heterocycles. The number of rotatable bonds is 20. The van der Waals surface area contributed by atoms with Crippen LogP contribution in [0.1, 0.15) is 122 Å². The summed E-state index contributed by atoms with van der Waals surface area (Å²) in [6.45, 7) is 5.28. The number of nitrogens with one attached hydrogen (secondary N) is 1. The fourth-order valence-electron chi connectivity index (χ4n) is 4.13. The SMILES string of the molecule is CCCCCCCCCCCCCCCCCC(=O)NCCCn1ccc(=O)c(O)c1C. The molecule has 0 saturated carbocycles. The summed E-state index contributed by atoms with van der Waals surface area (Å²) in [5.74, 6) is -0.0659. The molecule has 0 fully saturated rings. The van der Waals surface area contributed by atoms with Crippen molar-refractivity contribution in [3.63, 3.8) is 0 Å². The van der Waals surface area contributed by atoms with Crippen LogP contribution >= 0.6 is 0 Å². The van der Waals surface area contributed by atoms with Crippen molar-refractivity contribution < 1.29 is 9.90 Å². The molecule has 1 amide bonds. The Morgan fingerprint density at radius 1 is 0.844 bits per heavy atom. The third-order valence-electron chi connectivity index (χ3n) is 6.32. The summed E-state index contributed by atoms with van der Waals surface area (Å²) in [5.41, 5.74) is 0.220. The minimum atomic E-state index is -0.351. The van der Waals surface area contributed by atoms with Crippen molar-refractivity contribution in [3.8, 4) is 5.75 Å². The Labute approximate surface area is 196 Å². The molecule has 32 heavy (non-hydrogen) atoms. The third kappa shape index (κ3) is 13.6. The Balaban J connectivity index is 1.87. The van der Waals surface area contributed by atoms with E-state index in [1.165, 1.54) is 89.5 Å². The third-order valence-corrected chi connectivity index (χ3v) is 6.32. The Bertz CT molecular complexity index is 669. The van der Waals surface area contributed by atoms with Gasteiger partial charge < -0.3 is 15.0 Å². The second-order valence-electron chi connectivity index (χ2n) is 9.21. The van der Waals surface area contributed by atoms with E-state index in [0.717, 1.165) is 19.3 Å². The van der Waals surface area contributed by atoms with E-state index < -0.39 is 0 Å². The summed E-state index contributed by atoms with van der Waals surface area (Å²) in [6, 6.07) is 1.37. The van der Waals surface area contributed by atoms with Gasteiger partial charge in [-0.2, -0.15) is 0 Å². The van der Waals surface area contributed by atoms with Gasteiger partial charge in [0.15, 0.2) is 5.75 Å². The molecule has 0 radical (unpaired) electrons. The molecule has 1 rings (SSSR count). The topological polar surface area (TPSA) is 71.3 Å². The number of nitrogens with zero attached hydrogens (tertiary/aromatic N) is 1. The summed E-state index contributed by atoms with van der Waals surface area (Å²) in [6.07, 6.45) is 23.0. The number of hydrogen-bond acceptors (Lipinski definition) is 3. The van der Waals surface area contributed by atoms with Gasteiger partial charge in [0, 0.05) is 31.8 Å². The molecule has 1 aromatic rings. The zero-order valence-electron chi connectivity index (χ0n) is 20.8. The summed E-state index contributed by atoms with van der Waals surface area (Å²) >= 11 is 0. The molecule has 0 atom stereocenters. The van der Waals surface area contributed by atoms with Crippen LogP contribution in [-0.4, -0.2) is 22.1 Å². The van der Waals surface area contributed by atoms with Gasteiger partial charge >= 0.3 is 0 Å². The van der Waals surface area contributed by atoms with E-state index in [-0.39, 0.29) is 17.1 Å². The molecule has 0 spiro atoms. The van der Waals surface area contributed by atoms with E-state index in [0.29, 0.717) is 25.2 Å². The smallest absolute Gasteiger partial charge is 0.223 e. The van der Waals surface area contributed by atoms with Crippen LogP contribution in [0.15, 0.2) is 17.1 Å². The van der Waals surface area contributed by atoms with Gasteiger partial charge in [-0.15, -0.1) is 0 Å². The van der Waals surface area contributed by atoms with E-state index in [9.17, 15) is 14.7 Å². The average molecular weight is 449 g/mol. The van der Waals surface area contributed by atoms with E-state index in [4.69, 9.17) is 0 Å². The maximum absolute atomic E-state index is 12.0. The van der Waals surface area contributed by atoms with Gasteiger partial charge in [0.05, 0.1) is 5.69 Å². The molecule has 5 nitrogen and oxygen atoms in total. The highest BCUT2D eigenvalue weighted by atomic mass is 16.3. The number of pyridine rings is 1. The van der Waals surface area contributed by atoms with Gasteiger partial charge in [-0.1, -0.05) is 96.8 Å². The van der Waals surface area contributed by atoms with Crippen LogP contribution in [0.5, 0.6) is 5.75 Å². The molecule has 1 heterocycles. The Morgan fingerprint density at radius 3 is 1.88 bits per heavy atom. The highest BCUT2D eigenvalue weighted by Gasteiger charge is 2.05. The zero-order valence-corrected chi connectivity index (χ0v) is 20.8. The molecule has 0 aliphatic rings. The first-order valence-electron chi connectivity index (χ1n) is 13.2. The lowest BCUT2D eigenvalue weighted by Crippen LogP contribution is -2.25. The van der Waals surface area contributed by atoms with Gasteiger partial charge in [0.2, 0.25) is 11.3 Å². The molecular weight excluding hydrogens is 400 g/mol. The first kappa shape index (κ1) is 28.3. The highest BCUT2D eigenvalue weighted by Crippen LogP contribution is 2.14. The van der Waals surface area contributed by atoms with Gasteiger partial charge in [-0.25, -0.2) is 0 Å². The quantitative estimate of drug-likeness (QED) is 0.220. The average Bonchev–Trinajstić information content (AvgIpc) is 2.79. The predicted molar refractivity (Wildman–Crippen MR) is 134 cm³/mol. The van der Waals surface area contributed by atoms with Crippen LogP contribution in [0.25, 0.3) is 0 Å². The molecular formula is C27H48N2O3. The summed E-state index contributed by atoms with van der Waals surface area (Å²) in [7, 11) is 0. The number of hydrogen-bond donors (Lipinski definition) is 2. The van der Waals surface area contributed by atoms with Gasteiger partial charge in [0.1, 0.15) is 0 Å². The van der Waals surface area contributed by atoms with Crippen molar-refractivity contribution in [3.05, 3.63) is 28.2 Å². The number of carbonyl (C=O) groups excluding carboxylic acids is 1. The van der Waals surface area contributed by atoms with Crippen LogP contribution in [-0.2, 0) is 11.3 Å². The monoisotopic (exact) mass is 448 g/mol. The largest absolute Gasteiger partial charge is 0.503 e. The zero-order chi connectivity index (χ0) is 23.4. The highest BCUT2D eigenvalue weighted by molar-refractivity contribution is 5.75. The lowest BCUT2D eigenvalue weighted by atomic mass is 10.0. The molecule has 0 aromatic carbocycles. The normalized spacial score (nSPS) is 11.1. The molecule has 184 valence electrons. The number of aromatic nitrogens is 1. The first-order chi connectivity index (χ1) is 15.6. The van der Waals surface area contributed by atoms with Crippen molar-refractivity contribution in [2.45, 2.75) is 130 Å². The molecule has 0 aliphatic carbocycles. The van der Waals surface area contributed by atoms with Crippen LogP contribution < -0.4 is 10.7 Å². The van der Waals surface area contributed by atoms with Crippen LogP contribution in [0.4, 0.5) is 0 Å². The van der Waals surface area contributed by atoms with Crippen molar-refractivity contribution >= 4 is 5.91 Å². The summed E-state index contributed by atoms with van der Waals surface area (Å²) < 4.78 is 1.84. The predicted octanol–water partition coefficient (Wildman–Crippen LogP) is 6.63. The Hall–Kier alpha value is -1.78.